The molecule has 2 aromatic carbocycles. The molecule has 0 aliphatic carbocycles. The number of nitrogens with one attached hydrogen (secondary N) is 1. The maximum absolute atomic E-state index is 12.1. The molecule has 134 valence electrons. The van der Waals surface area contributed by atoms with E-state index in [0.717, 1.165) is 0 Å². The number of anilines is 1. The Hall–Kier alpha value is -3.55. The van der Waals surface area contributed by atoms with Gasteiger partial charge in [0.05, 0.1) is 11.3 Å². The number of esters is 1. The van der Waals surface area contributed by atoms with E-state index in [1.165, 1.54) is 12.1 Å². The second-order valence-electron chi connectivity index (χ2n) is 5.43. The van der Waals surface area contributed by atoms with Crippen LogP contribution < -0.4 is 20.5 Å². The number of primary amides is 1. The molecule has 1 aliphatic heterocycles. The Morgan fingerprint density at radius 2 is 1.77 bits per heavy atom. The van der Waals surface area contributed by atoms with Gasteiger partial charge in [-0.05, 0) is 24.3 Å². The Kier molecular flexibility index (Phi) is 5.02. The second kappa shape index (κ2) is 7.56. The number of fused-ring (bicyclic) bond motifs is 1. The van der Waals surface area contributed by atoms with Crippen molar-refractivity contribution in [3.8, 4) is 11.5 Å². The summed E-state index contributed by atoms with van der Waals surface area (Å²) in [4.78, 5) is 35.4. The van der Waals surface area contributed by atoms with Crippen molar-refractivity contribution in [2.24, 2.45) is 5.73 Å². The maximum atomic E-state index is 12.1. The number of nitrogens with two attached hydrogens (primary N) is 1. The van der Waals surface area contributed by atoms with Gasteiger partial charge in [-0.15, -0.1) is 0 Å². The lowest BCUT2D eigenvalue weighted by Crippen LogP contribution is -2.39. The van der Waals surface area contributed by atoms with Crippen LogP contribution in [0.4, 0.5) is 5.69 Å². The molecule has 8 nitrogen and oxygen atoms in total. The van der Waals surface area contributed by atoms with Gasteiger partial charge in [-0.25, -0.2) is 4.79 Å². The average Bonchev–Trinajstić information content (AvgIpc) is 2.66. The van der Waals surface area contributed by atoms with E-state index in [4.69, 9.17) is 19.9 Å². The standard InChI is InChI=1S/C18H16N2O6/c19-17(22)11-5-1-2-6-12(11)20-16(21)10-25-18(23)15-9-24-13-7-3-4-8-14(13)26-15/h1-8,15H,9-10H2,(H2,19,22)(H,20,21)/t15-/m1/s1. The number of carbonyl (C=O) groups excluding carboxylic acids is 3. The number of para-hydroxylation sites is 3. The molecule has 0 saturated heterocycles. The van der Waals surface area contributed by atoms with Gasteiger partial charge >= 0.3 is 5.97 Å². The van der Waals surface area contributed by atoms with E-state index >= 15 is 0 Å². The van der Waals surface area contributed by atoms with Crippen molar-refractivity contribution < 1.29 is 28.6 Å². The van der Waals surface area contributed by atoms with Crippen molar-refractivity contribution in [2.45, 2.75) is 6.10 Å². The van der Waals surface area contributed by atoms with E-state index in [1.807, 2.05) is 0 Å². The van der Waals surface area contributed by atoms with Crippen LogP contribution in [0.25, 0.3) is 0 Å². The summed E-state index contributed by atoms with van der Waals surface area (Å²) < 4.78 is 15.9. The molecule has 1 atom stereocenters. The normalized spacial score (nSPS) is 15.0. The summed E-state index contributed by atoms with van der Waals surface area (Å²) >= 11 is 0. The average molecular weight is 356 g/mol. The monoisotopic (exact) mass is 356 g/mol. The Bertz CT molecular complexity index is 851. The maximum Gasteiger partial charge on any atom is 0.351 e. The number of carbonyl (C=O) groups is 3. The summed E-state index contributed by atoms with van der Waals surface area (Å²) in [5, 5.41) is 2.48. The zero-order valence-corrected chi connectivity index (χ0v) is 13.6. The SMILES string of the molecule is NC(=O)c1ccccc1NC(=O)COC(=O)[C@H]1COc2ccccc2O1. The smallest absolute Gasteiger partial charge is 0.351 e. The Morgan fingerprint density at radius 1 is 1.08 bits per heavy atom. The highest BCUT2D eigenvalue weighted by Crippen LogP contribution is 2.31. The van der Waals surface area contributed by atoms with E-state index in [-0.39, 0.29) is 17.9 Å². The molecule has 3 rings (SSSR count). The molecular weight excluding hydrogens is 340 g/mol. The molecule has 26 heavy (non-hydrogen) atoms. The first-order chi connectivity index (χ1) is 12.5. The van der Waals surface area contributed by atoms with E-state index in [9.17, 15) is 14.4 Å². The molecular formula is C18H16N2O6. The minimum atomic E-state index is -0.962. The van der Waals surface area contributed by atoms with Crippen LogP contribution in [0.15, 0.2) is 48.5 Å². The molecule has 1 heterocycles. The third-order valence-corrected chi connectivity index (χ3v) is 3.58. The largest absolute Gasteiger partial charge is 0.485 e. The molecule has 0 fully saturated rings. The Morgan fingerprint density at radius 3 is 2.54 bits per heavy atom. The Balaban J connectivity index is 1.54. The van der Waals surface area contributed by atoms with Crippen LogP contribution in [-0.4, -0.2) is 37.1 Å². The first kappa shape index (κ1) is 17.3. The first-order valence-electron chi connectivity index (χ1n) is 7.78. The molecule has 8 heteroatoms. The lowest BCUT2D eigenvalue weighted by atomic mass is 10.1. The van der Waals surface area contributed by atoms with Crippen LogP contribution in [0, 0.1) is 0 Å². The van der Waals surface area contributed by atoms with Crippen molar-refractivity contribution in [1.82, 2.24) is 0 Å². The lowest BCUT2D eigenvalue weighted by Gasteiger charge is -2.24. The van der Waals surface area contributed by atoms with Crippen molar-refractivity contribution in [3.63, 3.8) is 0 Å². The highest BCUT2D eigenvalue weighted by molar-refractivity contribution is 6.03. The summed E-state index contributed by atoms with van der Waals surface area (Å²) in [6, 6.07) is 13.2. The predicted molar refractivity (Wildman–Crippen MR) is 90.9 cm³/mol. The van der Waals surface area contributed by atoms with Gasteiger partial charge in [-0.2, -0.15) is 0 Å². The van der Waals surface area contributed by atoms with Crippen LogP contribution in [0.3, 0.4) is 0 Å². The molecule has 0 radical (unpaired) electrons. The van der Waals surface area contributed by atoms with Crippen LogP contribution in [-0.2, 0) is 14.3 Å². The molecule has 0 saturated carbocycles. The summed E-state index contributed by atoms with van der Waals surface area (Å²) in [7, 11) is 0. The highest BCUT2D eigenvalue weighted by atomic mass is 16.6. The zero-order chi connectivity index (χ0) is 18.5. The van der Waals surface area contributed by atoms with Gasteiger partial charge in [0.2, 0.25) is 6.10 Å². The molecule has 0 unspecified atom stereocenters. The minimum absolute atomic E-state index is 0.0119. The fraction of sp³-hybridized carbons (Fsp3) is 0.167. The molecule has 1 aliphatic rings. The highest BCUT2D eigenvalue weighted by Gasteiger charge is 2.29. The van der Waals surface area contributed by atoms with Gasteiger partial charge < -0.3 is 25.3 Å². The van der Waals surface area contributed by atoms with Gasteiger partial charge in [-0.3, -0.25) is 9.59 Å². The molecule has 0 spiro atoms. The zero-order valence-electron chi connectivity index (χ0n) is 13.6. The molecule has 3 N–H and O–H groups in total. The van der Waals surface area contributed by atoms with Crippen LogP contribution >= 0.6 is 0 Å². The first-order valence-corrected chi connectivity index (χ1v) is 7.78. The lowest BCUT2D eigenvalue weighted by molar-refractivity contribution is -0.156. The number of hydrogen-bond acceptors (Lipinski definition) is 6. The third-order valence-electron chi connectivity index (χ3n) is 3.58. The van der Waals surface area contributed by atoms with E-state index in [0.29, 0.717) is 11.5 Å². The number of hydrogen-bond donors (Lipinski definition) is 2. The van der Waals surface area contributed by atoms with E-state index in [1.54, 1.807) is 36.4 Å². The van der Waals surface area contributed by atoms with Gasteiger partial charge in [0, 0.05) is 0 Å². The van der Waals surface area contributed by atoms with Crippen LogP contribution in [0.2, 0.25) is 0 Å². The minimum Gasteiger partial charge on any atom is -0.485 e. The topological polar surface area (TPSA) is 117 Å². The number of ether oxygens (including phenoxy) is 3. The summed E-state index contributed by atoms with van der Waals surface area (Å²) in [6.45, 7) is -0.546. The van der Waals surface area contributed by atoms with Gasteiger partial charge in [0.1, 0.15) is 6.61 Å². The van der Waals surface area contributed by atoms with Gasteiger partial charge in [-0.1, -0.05) is 24.3 Å². The number of benzene rings is 2. The fourth-order valence-corrected chi connectivity index (χ4v) is 2.36. The fourth-order valence-electron chi connectivity index (χ4n) is 2.36. The molecule has 0 aromatic heterocycles. The number of amides is 2. The molecule has 0 bridgehead atoms. The predicted octanol–water partition coefficient (Wildman–Crippen LogP) is 1.11. The quantitative estimate of drug-likeness (QED) is 0.775. The van der Waals surface area contributed by atoms with Gasteiger partial charge in [0.15, 0.2) is 18.1 Å². The van der Waals surface area contributed by atoms with Crippen molar-refractivity contribution in [2.75, 3.05) is 18.5 Å². The third kappa shape index (κ3) is 3.92. The van der Waals surface area contributed by atoms with Gasteiger partial charge in [0.25, 0.3) is 11.8 Å². The molecule has 2 aromatic rings. The van der Waals surface area contributed by atoms with Crippen molar-refractivity contribution in [1.29, 1.82) is 0 Å². The van der Waals surface area contributed by atoms with Crippen LogP contribution in [0.5, 0.6) is 11.5 Å². The van der Waals surface area contributed by atoms with Crippen LogP contribution in [0.1, 0.15) is 10.4 Å². The van der Waals surface area contributed by atoms with Crippen molar-refractivity contribution >= 4 is 23.5 Å². The number of rotatable bonds is 5. The van der Waals surface area contributed by atoms with E-state index in [2.05, 4.69) is 5.32 Å². The van der Waals surface area contributed by atoms with E-state index < -0.39 is 30.5 Å². The molecule has 2 amide bonds. The summed E-state index contributed by atoms with van der Waals surface area (Å²) in [5.41, 5.74) is 5.65. The Labute approximate surface area is 148 Å². The summed E-state index contributed by atoms with van der Waals surface area (Å²) in [6.07, 6.45) is -0.962. The second-order valence-corrected chi connectivity index (χ2v) is 5.43. The van der Waals surface area contributed by atoms with Crippen molar-refractivity contribution in [3.05, 3.63) is 54.1 Å². The summed E-state index contributed by atoms with van der Waals surface area (Å²) in [5.74, 6) is -1.04.